The fourth-order valence-corrected chi connectivity index (χ4v) is 3.13. The average molecular weight is 240 g/mol. The van der Waals surface area contributed by atoms with Crippen molar-refractivity contribution in [2.45, 2.75) is 38.8 Å². The van der Waals surface area contributed by atoms with Crippen molar-refractivity contribution in [1.82, 2.24) is 20.1 Å². The first-order chi connectivity index (χ1) is 7.90. The van der Waals surface area contributed by atoms with Gasteiger partial charge < -0.3 is 9.88 Å². The van der Waals surface area contributed by atoms with Crippen LogP contribution in [0.15, 0.2) is 6.33 Å². The van der Waals surface area contributed by atoms with Gasteiger partial charge in [0, 0.05) is 25.6 Å². The lowest BCUT2D eigenvalue weighted by Crippen LogP contribution is -2.34. The summed E-state index contributed by atoms with van der Waals surface area (Å²) < 4.78 is 2.11. The largest absolute Gasteiger partial charge is 0.318 e. The van der Waals surface area contributed by atoms with E-state index in [1.54, 1.807) is 0 Å². The summed E-state index contributed by atoms with van der Waals surface area (Å²) >= 11 is 2.07. The molecular weight excluding hydrogens is 220 g/mol. The Morgan fingerprint density at radius 1 is 1.50 bits per heavy atom. The fourth-order valence-electron chi connectivity index (χ4n) is 2.03. The van der Waals surface area contributed by atoms with Crippen LogP contribution in [0.2, 0.25) is 0 Å². The summed E-state index contributed by atoms with van der Waals surface area (Å²) in [6.45, 7) is 4.11. The molecule has 5 heteroatoms. The lowest BCUT2D eigenvalue weighted by atomic mass is 10.1. The number of nitrogens with one attached hydrogen (secondary N) is 1. The Kier molecular flexibility index (Phi) is 4.66. The molecule has 90 valence electrons. The third kappa shape index (κ3) is 3.22. The van der Waals surface area contributed by atoms with E-state index in [9.17, 15) is 0 Å². The molecule has 0 amide bonds. The fraction of sp³-hybridized carbons (Fsp3) is 0.818. The molecule has 0 saturated carbocycles. The Bertz CT molecular complexity index is 307. The lowest BCUT2D eigenvalue weighted by Gasteiger charge is -2.22. The minimum absolute atomic E-state index is 0.722. The zero-order chi connectivity index (χ0) is 11.2. The van der Waals surface area contributed by atoms with Crippen LogP contribution in [0.5, 0.6) is 0 Å². The molecular formula is C11H20N4S. The second-order valence-corrected chi connectivity index (χ2v) is 5.35. The second kappa shape index (κ2) is 6.25. The number of hydrogen-bond acceptors (Lipinski definition) is 4. The van der Waals surface area contributed by atoms with Crippen LogP contribution in [-0.4, -0.2) is 38.9 Å². The molecule has 0 unspecified atom stereocenters. The topological polar surface area (TPSA) is 42.7 Å². The molecule has 2 rings (SSSR count). The van der Waals surface area contributed by atoms with Gasteiger partial charge in [-0.1, -0.05) is 0 Å². The second-order valence-electron chi connectivity index (χ2n) is 4.12. The Balaban J connectivity index is 1.71. The minimum Gasteiger partial charge on any atom is -0.318 e. The Morgan fingerprint density at radius 3 is 3.06 bits per heavy atom. The van der Waals surface area contributed by atoms with E-state index in [0.29, 0.717) is 0 Å². The van der Waals surface area contributed by atoms with E-state index in [4.69, 9.17) is 0 Å². The van der Waals surface area contributed by atoms with E-state index in [0.717, 1.165) is 31.4 Å². The van der Waals surface area contributed by atoms with Gasteiger partial charge in [-0.15, -0.1) is 10.2 Å². The summed E-state index contributed by atoms with van der Waals surface area (Å²) in [7, 11) is 0. The van der Waals surface area contributed by atoms with Crippen LogP contribution < -0.4 is 5.32 Å². The van der Waals surface area contributed by atoms with Crippen LogP contribution in [-0.2, 0) is 13.0 Å². The number of aryl methyl sites for hydroxylation is 1. The van der Waals surface area contributed by atoms with E-state index >= 15 is 0 Å². The Labute approximate surface area is 101 Å². The first-order valence-electron chi connectivity index (χ1n) is 6.08. The van der Waals surface area contributed by atoms with E-state index < -0.39 is 0 Å². The molecule has 0 spiro atoms. The van der Waals surface area contributed by atoms with Crippen LogP contribution in [0, 0.1) is 0 Å². The first kappa shape index (κ1) is 11.9. The quantitative estimate of drug-likeness (QED) is 0.843. The molecule has 0 bridgehead atoms. The number of hydrogen-bond donors (Lipinski definition) is 1. The van der Waals surface area contributed by atoms with Gasteiger partial charge >= 0.3 is 0 Å². The van der Waals surface area contributed by atoms with Crippen molar-refractivity contribution in [2.75, 3.05) is 18.1 Å². The van der Waals surface area contributed by atoms with Gasteiger partial charge in [-0.05, 0) is 31.3 Å². The van der Waals surface area contributed by atoms with Gasteiger partial charge in [-0.2, -0.15) is 11.8 Å². The Morgan fingerprint density at radius 2 is 2.31 bits per heavy atom. The van der Waals surface area contributed by atoms with Gasteiger partial charge in [0.05, 0.1) is 0 Å². The standard InChI is InChI=1S/C11H20N4S/c1-2-15-9-13-14-11(15)3-6-12-10-4-7-16-8-5-10/h9-10,12H,2-8H2,1H3. The smallest absolute Gasteiger partial charge is 0.134 e. The highest BCUT2D eigenvalue weighted by atomic mass is 32.2. The van der Waals surface area contributed by atoms with Gasteiger partial charge in [0.2, 0.25) is 0 Å². The highest BCUT2D eigenvalue weighted by Crippen LogP contribution is 2.16. The molecule has 1 aliphatic rings. The van der Waals surface area contributed by atoms with Crippen molar-refractivity contribution in [3.05, 3.63) is 12.2 Å². The maximum atomic E-state index is 4.14. The summed E-state index contributed by atoms with van der Waals surface area (Å²) in [6.07, 6.45) is 5.42. The normalized spacial score (nSPS) is 17.8. The maximum Gasteiger partial charge on any atom is 0.134 e. The summed E-state index contributed by atoms with van der Waals surface area (Å²) in [4.78, 5) is 0. The van der Waals surface area contributed by atoms with E-state index in [2.05, 4.69) is 38.8 Å². The molecule has 1 aromatic heterocycles. The minimum atomic E-state index is 0.722. The summed E-state index contributed by atoms with van der Waals surface area (Å²) in [5.41, 5.74) is 0. The third-order valence-corrected chi connectivity index (χ3v) is 4.09. The number of thioether (sulfide) groups is 1. The zero-order valence-corrected chi connectivity index (χ0v) is 10.7. The van der Waals surface area contributed by atoms with Crippen LogP contribution >= 0.6 is 11.8 Å². The molecule has 1 aliphatic heterocycles. The molecule has 1 N–H and O–H groups in total. The molecule has 16 heavy (non-hydrogen) atoms. The van der Waals surface area contributed by atoms with Crippen molar-refractivity contribution in [3.8, 4) is 0 Å². The van der Waals surface area contributed by atoms with Crippen molar-refractivity contribution < 1.29 is 0 Å². The molecule has 0 aliphatic carbocycles. The van der Waals surface area contributed by atoms with Crippen LogP contribution in [0.4, 0.5) is 0 Å². The van der Waals surface area contributed by atoms with Crippen LogP contribution in [0.3, 0.4) is 0 Å². The van der Waals surface area contributed by atoms with Crippen molar-refractivity contribution in [1.29, 1.82) is 0 Å². The van der Waals surface area contributed by atoms with Crippen molar-refractivity contribution >= 4 is 11.8 Å². The molecule has 0 atom stereocenters. The Hall–Kier alpha value is -0.550. The average Bonchev–Trinajstić information content (AvgIpc) is 2.78. The summed E-state index contributed by atoms with van der Waals surface area (Å²) in [5, 5.41) is 11.7. The first-order valence-corrected chi connectivity index (χ1v) is 7.23. The van der Waals surface area contributed by atoms with Crippen LogP contribution in [0.25, 0.3) is 0 Å². The van der Waals surface area contributed by atoms with Crippen LogP contribution in [0.1, 0.15) is 25.6 Å². The summed E-state index contributed by atoms with van der Waals surface area (Å²) in [6, 6.07) is 0.722. The number of nitrogens with zero attached hydrogens (tertiary/aromatic N) is 3. The molecule has 0 aromatic carbocycles. The van der Waals surface area contributed by atoms with Crippen molar-refractivity contribution in [3.63, 3.8) is 0 Å². The predicted octanol–water partition coefficient (Wildman–Crippen LogP) is 1.33. The van der Waals surface area contributed by atoms with E-state index in [-0.39, 0.29) is 0 Å². The maximum absolute atomic E-state index is 4.14. The lowest BCUT2D eigenvalue weighted by molar-refractivity contribution is 0.480. The molecule has 2 heterocycles. The molecule has 1 aromatic rings. The SMILES string of the molecule is CCn1cnnc1CCNC1CCSCC1. The highest BCUT2D eigenvalue weighted by Gasteiger charge is 2.12. The zero-order valence-electron chi connectivity index (χ0n) is 9.85. The molecule has 4 nitrogen and oxygen atoms in total. The van der Waals surface area contributed by atoms with Gasteiger partial charge in [0.25, 0.3) is 0 Å². The molecule has 1 saturated heterocycles. The summed E-state index contributed by atoms with van der Waals surface area (Å²) in [5.74, 6) is 3.71. The van der Waals surface area contributed by atoms with E-state index in [1.807, 2.05) is 6.33 Å². The monoisotopic (exact) mass is 240 g/mol. The van der Waals surface area contributed by atoms with Crippen molar-refractivity contribution in [2.24, 2.45) is 0 Å². The number of rotatable bonds is 5. The van der Waals surface area contributed by atoms with Gasteiger partial charge in [-0.25, -0.2) is 0 Å². The molecule has 1 fully saturated rings. The third-order valence-electron chi connectivity index (χ3n) is 3.04. The number of aromatic nitrogens is 3. The van der Waals surface area contributed by atoms with Gasteiger partial charge in [-0.3, -0.25) is 0 Å². The molecule has 0 radical (unpaired) electrons. The predicted molar refractivity (Wildman–Crippen MR) is 67.7 cm³/mol. The highest BCUT2D eigenvalue weighted by molar-refractivity contribution is 7.99. The van der Waals surface area contributed by atoms with Gasteiger partial charge in [0.15, 0.2) is 0 Å². The van der Waals surface area contributed by atoms with E-state index in [1.165, 1.54) is 24.3 Å². The van der Waals surface area contributed by atoms with Gasteiger partial charge in [0.1, 0.15) is 12.2 Å².